The van der Waals surface area contributed by atoms with E-state index in [1.807, 2.05) is 13.0 Å². The first-order valence-corrected chi connectivity index (χ1v) is 6.55. The third kappa shape index (κ3) is 3.18. The minimum Gasteiger partial charge on any atom is -0.390 e. The molecule has 0 radical (unpaired) electrons. The van der Waals surface area contributed by atoms with Crippen LogP contribution in [0.4, 0.5) is 10.5 Å². The van der Waals surface area contributed by atoms with Crippen LogP contribution in [0.1, 0.15) is 5.56 Å². The number of urea groups is 1. The summed E-state index contributed by atoms with van der Waals surface area (Å²) in [5.41, 5.74) is 1.61. The third-order valence-corrected chi connectivity index (χ3v) is 3.80. The fourth-order valence-corrected chi connectivity index (χ4v) is 2.26. The third-order valence-electron chi connectivity index (χ3n) is 3.39. The lowest BCUT2D eigenvalue weighted by Crippen LogP contribution is -2.46. The molecule has 2 amide bonds. The van der Waals surface area contributed by atoms with Crippen LogP contribution in [0.3, 0.4) is 0 Å². The first-order valence-electron chi connectivity index (χ1n) is 6.18. The molecule has 2 rings (SSSR count). The number of aliphatic hydroxyl groups excluding tert-OH is 1. The molecule has 1 saturated heterocycles. The number of likely N-dealkylation sites (N-methyl/N-ethyl adjacent to an activating group) is 1. The van der Waals surface area contributed by atoms with Crippen LogP contribution in [0, 0.1) is 6.92 Å². The molecule has 0 bridgehead atoms. The minimum absolute atomic E-state index is 0.207. The molecule has 0 unspecified atom stereocenters. The Morgan fingerprint density at radius 3 is 2.84 bits per heavy atom. The molecule has 3 N–H and O–H groups in total. The number of benzene rings is 1. The lowest BCUT2D eigenvalue weighted by Gasteiger charge is -2.26. The molecule has 104 valence electrons. The van der Waals surface area contributed by atoms with Gasteiger partial charge in [0.15, 0.2) is 0 Å². The topological polar surface area (TPSA) is 64.6 Å². The van der Waals surface area contributed by atoms with Crippen LogP contribution in [-0.4, -0.2) is 48.3 Å². The predicted octanol–water partition coefficient (Wildman–Crippen LogP) is 1.44. The lowest BCUT2D eigenvalue weighted by atomic mass is 10.2. The van der Waals surface area contributed by atoms with Crippen molar-refractivity contribution in [3.63, 3.8) is 0 Å². The fraction of sp³-hybridized carbons (Fsp3) is 0.462. The van der Waals surface area contributed by atoms with Crippen LogP contribution in [0.25, 0.3) is 0 Å². The highest BCUT2D eigenvalue weighted by Crippen LogP contribution is 2.20. The Kier molecular flexibility index (Phi) is 4.29. The molecule has 1 aliphatic rings. The number of amides is 2. The van der Waals surface area contributed by atoms with Gasteiger partial charge in [0, 0.05) is 30.8 Å². The smallest absolute Gasteiger partial charge is 0.321 e. The van der Waals surface area contributed by atoms with E-state index in [1.165, 1.54) is 4.90 Å². The van der Waals surface area contributed by atoms with Gasteiger partial charge >= 0.3 is 6.03 Å². The van der Waals surface area contributed by atoms with E-state index in [-0.39, 0.29) is 12.1 Å². The van der Waals surface area contributed by atoms with Gasteiger partial charge in [0.05, 0.1) is 12.1 Å². The van der Waals surface area contributed by atoms with E-state index in [0.29, 0.717) is 23.8 Å². The average molecular weight is 284 g/mol. The molecular weight excluding hydrogens is 266 g/mol. The summed E-state index contributed by atoms with van der Waals surface area (Å²) in [4.78, 5) is 13.6. The first kappa shape index (κ1) is 14.1. The molecule has 19 heavy (non-hydrogen) atoms. The van der Waals surface area contributed by atoms with E-state index >= 15 is 0 Å². The van der Waals surface area contributed by atoms with Crippen LogP contribution in [0.2, 0.25) is 5.02 Å². The number of carbonyl (C=O) groups excluding carboxylic acids is 1. The first-order chi connectivity index (χ1) is 8.99. The van der Waals surface area contributed by atoms with Crippen molar-refractivity contribution in [1.29, 1.82) is 0 Å². The molecule has 1 aromatic rings. The minimum atomic E-state index is -0.530. The number of rotatable bonds is 2. The summed E-state index contributed by atoms with van der Waals surface area (Å²) >= 11 is 6.01. The number of β-amino-alcohol motifs (C(OH)–C–C–N with tert-alkyl or cyclic N) is 1. The average Bonchev–Trinajstić information content (AvgIpc) is 2.79. The molecule has 1 fully saturated rings. The van der Waals surface area contributed by atoms with Crippen molar-refractivity contribution >= 4 is 23.3 Å². The number of halogens is 1. The summed E-state index contributed by atoms with van der Waals surface area (Å²) in [5.74, 6) is 0. The molecule has 5 nitrogen and oxygen atoms in total. The highest BCUT2D eigenvalue weighted by atomic mass is 35.5. The van der Waals surface area contributed by atoms with Crippen molar-refractivity contribution in [1.82, 2.24) is 10.2 Å². The largest absolute Gasteiger partial charge is 0.390 e. The summed E-state index contributed by atoms with van der Waals surface area (Å²) < 4.78 is 0. The second-order valence-electron chi connectivity index (χ2n) is 4.80. The second-order valence-corrected chi connectivity index (χ2v) is 5.21. The van der Waals surface area contributed by atoms with E-state index in [0.717, 1.165) is 5.56 Å². The zero-order chi connectivity index (χ0) is 14.0. The highest BCUT2D eigenvalue weighted by molar-refractivity contribution is 6.31. The van der Waals surface area contributed by atoms with Gasteiger partial charge in [0.2, 0.25) is 0 Å². The fourth-order valence-electron chi connectivity index (χ4n) is 2.08. The van der Waals surface area contributed by atoms with Gasteiger partial charge in [0.25, 0.3) is 0 Å². The van der Waals surface area contributed by atoms with Gasteiger partial charge in [-0.25, -0.2) is 4.79 Å². The lowest BCUT2D eigenvalue weighted by molar-refractivity contribution is 0.115. The number of aryl methyl sites for hydroxylation is 1. The Bertz CT molecular complexity index is 481. The van der Waals surface area contributed by atoms with E-state index < -0.39 is 6.10 Å². The molecule has 0 saturated carbocycles. The van der Waals surface area contributed by atoms with Gasteiger partial charge in [-0.1, -0.05) is 17.7 Å². The normalized spacial score (nSPS) is 22.3. The quantitative estimate of drug-likeness (QED) is 0.770. The number of nitrogens with one attached hydrogen (secondary N) is 2. The summed E-state index contributed by atoms with van der Waals surface area (Å²) in [6.45, 7) is 3.01. The second kappa shape index (κ2) is 5.77. The maximum Gasteiger partial charge on any atom is 0.321 e. The van der Waals surface area contributed by atoms with E-state index in [4.69, 9.17) is 11.6 Å². The Hall–Kier alpha value is -1.30. The van der Waals surface area contributed by atoms with E-state index in [2.05, 4.69) is 10.6 Å². The van der Waals surface area contributed by atoms with Crippen LogP contribution in [0.15, 0.2) is 18.2 Å². The van der Waals surface area contributed by atoms with Crippen LogP contribution >= 0.6 is 11.6 Å². The SMILES string of the molecule is Cc1ccc(NC(=O)N(C)[C@@H]2CNC[C@H]2O)cc1Cl. The van der Waals surface area contributed by atoms with Crippen molar-refractivity contribution in [3.05, 3.63) is 28.8 Å². The van der Waals surface area contributed by atoms with Crippen molar-refractivity contribution < 1.29 is 9.90 Å². The molecule has 0 spiro atoms. The van der Waals surface area contributed by atoms with Crippen molar-refractivity contribution in [2.45, 2.75) is 19.1 Å². The zero-order valence-electron chi connectivity index (χ0n) is 11.0. The van der Waals surface area contributed by atoms with Crippen LogP contribution in [0.5, 0.6) is 0 Å². The van der Waals surface area contributed by atoms with Gasteiger partial charge in [-0.05, 0) is 24.6 Å². The molecular formula is C13H18ClN3O2. The van der Waals surface area contributed by atoms with Crippen molar-refractivity contribution in [2.24, 2.45) is 0 Å². The molecule has 2 atom stereocenters. The number of anilines is 1. The van der Waals surface area contributed by atoms with Gasteiger partial charge in [-0.3, -0.25) is 0 Å². The highest BCUT2D eigenvalue weighted by Gasteiger charge is 2.31. The van der Waals surface area contributed by atoms with Crippen molar-refractivity contribution in [2.75, 3.05) is 25.5 Å². The number of carbonyl (C=O) groups is 1. The van der Waals surface area contributed by atoms with E-state index in [9.17, 15) is 9.90 Å². The summed E-state index contributed by atoms with van der Waals surface area (Å²) in [7, 11) is 1.67. The maximum atomic E-state index is 12.1. The molecule has 0 aliphatic carbocycles. The van der Waals surface area contributed by atoms with Crippen LogP contribution in [-0.2, 0) is 0 Å². The monoisotopic (exact) mass is 283 g/mol. The van der Waals surface area contributed by atoms with Crippen LogP contribution < -0.4 is 10.6 Å². The number of hydrogen-bond acceptors (Lipinski definition) is 3. The molecule has 6 heteroatoms. The zero-order valence-corrected chi connectivity index (χ0v) is 11.7. The molecule has 1 aliphatic heterocycles. The number of aliphatic hydroxyl groups is 1. The standard InChI is InChI=1S/C13H18ClN3O2/c1-8-3-4-9(5-10(8)14)16-13(19)17(2)11-6-15-7-12(11)18/h3-5,11-12,15,18H,6-7H2,1-2H3,(H,16,19)/t11-,12-/m1/s1. The Labute approximate surface area is 117 Å². The molecule has 1 heterocycles. The van der Waals surface area contributed by atoms with Gasteiger partial charge in [-0.2, -0.15) is 0 Å². The summed E-state index contributed by atoms with van der Waals surface area (Å²) in [5, 5.41) is 16.2. The van der Waals surface area contributed by atoms with Crippen molar-refractivity contribution in [3.8, 4) is 0 Å². The number of nitrogens with zero attached hydrogens (tertiary/aromatic N) is 1. The van der Waals surface area contributed by atoms with Gasteiger partial charge in [0.1, 0.15) is 0 Å². The Morgan fingerprint density at radius 1 is 1.53 bits per heavy atom. The Morgan fingerprint density at radius 2 is 2.26 bits per heavy atom. The Balaban J connectivity index is 2.02. The molecule has 0 aromatic heterocycles. The number of hydrogen-bond donors (Lipinski definition) is 3. The van der Waals surface area contributed by atoms with Gasteiger partial charge in [-0.15, -0.1) is 0 Å². The maximum absolute atomic E-state index is 12.1. The molecule has 1 aromatic carbocycles. The predicted molar refractivity (Wildman–Crippen MR) is 75.6 cm³/mol. The summed E-state index contributed by atoms with van der Waals surface area (Å²) in [6, 6.07) is 4.90. The van der Waals surface area contributed by atoms with E-state index in [1.54, 1.807) is 19.2 Å². The summed E-state index contributed by atoms with van der Waals surface area (Å²) in [6.07, 6.45) is -0.530. The van der Waals surface area contributed by atoms with Gasteiger partial charge < -0.3 is 20.6 Å².